The lowest BCUT2D eigenvalue weighted by molar-refractivity contribution is -0.236. The first-order valence-corrected chi connectivity index (χ1v) is 4.69. The second-order valence-electron chi connectivity index (χ2n) is 3.62. The van der Waals surface area contributed by atoms with Crippen LogP contribution in [0.1, 0.15) is 6.42 Å². The number of aliphatic carboxylic acids is 1. The van der Waals surface area contributed by atoms with Crippen molar-refractivity contribution in [3.8, 4) is 5.75 Å². The van der Waals surface area contributed by atoms with Gasteiger partial charge in [0.1, 0.15) is 12.2 Å². The van der Waals surface area contributed by atoms with Gasteiger partial charge in [-0.1, -0.05) is 12.1 Å². The molecule has 92 valence electrons. The van der Waals surface area contributed by atoms with Gasteiger partial charge in [0.25, 0.3) is 5.72 Å². The molecule has 1 aliphatic heterocycles. The van der Waals surface area contributed by atoms with E-state index in [0.29, 0.717) is 0 Å². The van der Waals surface area contributed by atoms with Crippen LogP contribution in [0.15, 0.2) is 24.3 Å². The molecule has 2 rings (SSSR count). The fourth-order valence-corrected chi connectivity index (χ4v) is 1.61. The highest BCUT2D eigenvalue weighted by Crippen LogP contribution is 2.45. The van der Waals surface area contributed by atoms with Crippen molar-refractivity contribution < 1.29 is 27.8 Å². The molecule has 4 nitrogen and oxygen atoms in total. The molecule has 2 N–H and O–H groups in total. The van der Waals surface area contributed by atoms with Crippen molar-refractivity contribution >= 4 is 11.7 Å². The monoisotopic (exact) mass is 247 g/mol. The summed E-state index contributed by atoms with van der Waals surface area (Å²) >= 11 is 0. The summed E-state index contributed by atoms with van der Waals surface area (Å²) in [6.45, 7) is 0. The number of ether oxygens (including phenoxy) is 1. The lowest BCUT2D eigenvalue weighted by Gasteiger charge is -2.29. The third-order valence-electron chi connectivity index (χ3n) is 2.37. The maximum absolute atomic E-state index is 12.9. The van der Waals surface area contributed by atoms with Crippen LogP contribution >= 0.6 is 0 Å². The van der Waals surface area contributed by atoms with Crippen molar-refractivity contribution in [1.82, 2.24) is 0 Å². The third-order valence-corrected chi connectivity index (χ3v) is 2.37. The molecule has 1 aromatic rings. The van der Waals surface area contributed by atoms with Gasteiger partial charge in [0.2, 0.25) is 0 Å². The molecule has 0 aliphatic carbocycles. The number of fused-ring (bicyclic) bond motifs is 1. The van der Waals surface area contributed by atoms with E-state index < -0.39 is 24.3 Å². The topological polar surface area (TPSA) is 58.6 Å². The van der Waals surface area contributed by atoms with E-state index in [1.807, 2.05) is 0 Å². The Kier molecular flexibility index (Phi) is 2.41. The van der Waals surface area contributed by atoms with Crippen LogP contribution in [-0.2, 0) is 4.79 Å². The average molecular weight is 247 g/mol. The van der Waals surface area contributed by atoms with Crippen molar-refractivity contribution in [2.45, 2.75) is 18.3 Å². The Balaban J connectivity index is 2.38. The maximum Gasteiger partial charge on any atom is 0.449 e. The van der Waals surface area contributed by atoms with Gasteiger partial charge in [-0.3, -0.25) is 4.79 Å². The fraction of sp³-hybridized carbons (Fsp3) is 0.300. The minimum absolute atomic E-state index is 0.00826. The van der Waals surface area contributed by atoms with Crippen LogP contribution in [0.2, 0.25) is 0 Å². The van der Waals surface area contributed by atoms with Gasteiger partial charge in [-0.2, -0.15) is 13.2 Å². The van der Waals surface area contributed by atoms with E-state index in [-0.39, 0.29) is 11.4 Å². The van der Waals surface area contributed by atoms with Crippen LogP contribution in [0, 0.1) is 0 Å². The third kappa shape index (κ3) is 1.88. The summed E-state index contributed by atoms with van der Waals surface area (Å²) in [6.07, 6.45) is -6.03. The van der Waals surface area contributed by atoms with Gasteiger partial charge in [-0.25, -0.2) is 0 Å². The van der Waals surface area contributed by atoms with Gasteiger partial charge in [0, 0.05) is 0 Å². The predicted octanol–water partition coefficient (Wildman–Crippen LogP) is 2.22. The zero-order chi connectivity index (χ0) is 12.7. The Bertz CT molecular complexity index is 433. The van der Waals surface area contributed by atoms with E-state index in [9.17, 15) is 18.0 Å². The van der Waals surface area contributed by atoms with E-state index in [2.05, 4.69) is 5.32 Å². The number of hydrogen-bond acceptors (Lipinski definition) is 3. The van der Waals surface area contributed by atoms with Crippen molar-refractivity contribution in [3.63, 3.8) is 0 Å². The normalized spacial score (nSPS) is 22.5. The SMILES string of the molecule is O=C(O)CC1(C(F)(F)F)Nc2ccccc2O1. The molecule has 0 bridgehead atoms. The second-order valence-corrected chi connectivity index (χ2v) is 3.62. The first-order valence-electron chi connectivity index (χ1n) is 4.69. The molecule has 7 heteroatoms. The van der Waals surface area contributed by atoms with Gasteiger partial charge in [0.05, 0.1) is 5.69 Å². The van der Waals surface area contributed by atoms with Crippen LogP contribution in [0.5, 0.6) is 5.75 Å². The largest absolute Gasteiger partial charge is 0.481 e. The number of para-hydroxylation sites is 2. The van der Waals surface area contributed by atoms with Crippen LogP contribution in [0.4, 0.5) is 18.9 Å². The maximum atomic E-state index is 12.9. The molecule has 17 heavy (non-hydrogen) atoms. The number of alkyl halides is 3. The molecule has 0 radical (unpaired) electrons. The lowest BCUT2D eigenvalue weighted by Crippen LogP contribution is -2.55. The number of carbonyl (C=O) groups is 1. The number of anilines is 1. The number of hydrogen-bond donors (Lipinski definition) is 2. The summed E-state index contributed by atoms with van der Waals surface area (Å²) < 4.78 is 43.4. The molecule has 1 heterocycles. The van der Waals surface area contributed by atoms with E-state index in [4.69, 9.17) is 9.84 Å². The van der Waals surface area contributed by atoms with Crippen molar-refractivity contribution in [3.05, 3.63) is 24.3 Å². The second kappa shape index (κ2) is 3.54. The molecule has 0 aromatic heterocycles. The molecular formula is C10H8F3NO3. The molecule has 0 saturated heterocycles. The molecule has 0 spiro atoms. The highest BCUT2D eigenvalue weighted by Gasteiger charge is 2.61. The molecule has 1 atom stereocenters. The first-order chi connectivity index (χ1) is 7.84. The average Bonchev–Trinajstić information content (AvgIpc) is 2.54. The Morgan fingerprint density at radius 3 is 2.59 bits per heavy atom. The minimum Gasteiger partial charge on any atom is -0.481 e. The lowest BCUT2D eigenvalue weighted by atomic mass is 10.1. The molecular weight excluding hydrogens is 239 g/mol. The van der Waals surface area contributed by atoms with Gasteiger partial charge in [-0.15, -0.1) is 0 Å². The zero-order valence-electron chi connectivity index (χ0n) is 8.41. The van der Waals surface area contributed by atoms with Gasteiger partial charge in [-0.05, 0) is 12.1 Å². The molecule has 1 aliphatic rings. The number of nitrogens with one attached hydrogen (secondary N) is 1. The molecule has 0 saturated carbocycles. The summed E-state index contributed by atoms with van der Waals surface area (Å²) in [5.74, 6) is -1.60. The van der Waals surface area contributed by atoms with Crippen molar-refractivity contribution in [2.24, 2.45) is 0 Å². The van der Waals surface area contributed by atoms with E-state index in [1.54, 1.807) is 0 Å². The Morgan fingerprint density at radius 1 is 1.41 bits per heavy atom. The predicted molar refractivity (Wildman–Crippen MR) is 51.7 cm³/mol. The summed E-state index contributed by atoms with van der Waals surface area (Å²) in [7, 11) is 0. The quantitative estimate of drug-likeness (QED) is 0.841. The summed E-state index contributed by atoms with van der Waals surface area (Å²) in [6, 6.07) is 5.78. The number of carboxylic acids is 1. The number of halogens is 3. The van der Waals surface area contributed by atoms with Gasteiger partial charge < -0.3 is 15.2 Å². The van der Waals surface area contributed by atoms with Crippen LogP contribution in [-0.4, -0.2) is 23.0 Å². The number of carboxylic acid groups (broad SMARTS) is 1. The Hall–Kier alpha value is -1.92. The summed E-state index contributed by atoms with van der Waals surface area (Å²) in [5.41, 5.74) is -2.76. The van der Waals surface area contributed by atoms with Crippen molar-refractivity contribution in [2.75, 3.05) is 5.32 Å². The van der Waals surface area contributed by atoms with Gasteiger partial charge in [0.15, 0.2) is 0 Å². The molecule has 0 amide bonds. The van der Waals surface area contributed by atoms with Crippen molar-refractivity contribution in [1.29, 1.82) is 0 Å². The molecule has 1 aromatic carbocycles. The highest BCUT2D eigenvalue weighted by atomic mass is 19.4. The van der Waals surface area contributed by atoms with Gasteiger partial charge >= 0.3 is 12.1 Å². The minimum atomic E-state index is -4.83. The van der Waals surface area contributed by atoms with E-state index in [1.165, 1.54) is 24.3 Å². The summed E-state index contributed by atoms with van der Waals surface area (Å²) in [5, 5.41) is 10.7. The Morgan fingerprint density at radius 2 is 2.06 bits per heavy atom. The van der Waals surface area contributed by atoms with E-state index >= 15 is 0 Å². The smallest absolute Gasteiger partial charge is 0.449 e. The highest BCUT2D eigenvalue weighted by molar-refractivity contribution is 5.72. The van der Waals surface area contributed by atoms with E-state index in [0.717, 1.165) is 0 Å². The van der Waals surface area contributed by atoms with Crippen LogP contribution < -0.4 is 10.1 Å². The summed E-state index contributed by atoms with van der Waals surface area (Å²) in [4.78, 5) is 10.5. The Labute approximate surface area is 94.0 Å². The fourth-order valence-electron chi connectivity index (χ4n) is 1.61. The molecule has 0 fully saturated rings. The first kappa shape index (κ1) is 11.6. The number of benzene rings is 1. The standard InChI is InChI=1S/C10H8F3NO3/c11-10(12,13)9(5-8(15)16)14-6-3-1-2-4-7(6)17-9/h1-4,14H,5H2,(H,15,16). The zero-order valence-corrected chi connectivity index (χ0v) is 8.41. The van der Waals surface area contributed by atoms with Crippen LogP contribution in [0.25, 0.3) is 0 Å². The molecule has 1 unspecified atom stereocenters. The van der Waals surface area contributed by atoms with Crippen LogP contribution in [0.3, 0.4) is 0 Å². The number of rotatable bonds is 2.